The first-order chi connectivity index (χ1) is 16.7. The molecule has 0 atom stereocenters. The van der Waals surface area contributed by atoms with Gasteiger partial charge in [0.1, 0.15) is 11.6 Å². The molecule has 7 nitrogen and oxygen atoms in total. The Morgan fingerprint density at radius 1 is 0.882 bits per heavy atom. The van der Waals surface area contributed by atoms with Crippen LogP contribution in [0.25, 0.3) is 10.9 Å². The summed E-state index contributed by atoms with van der Waals surface area (Å²) in [4.78, 5) is 23.6. The first-order valence-electron chi connectivity index (χ1n) is 11.6. The molecule has 0 radical (unpaired) electrons. The Hall–Kier alpha value is -4.13. The summed E-state index contributed by atoms with van der Waals surface area (Å²) in [5, 5.41) is 10.1. The van der Waals surface area contributed by atoms with Crippen molar-refractivity contribution in [2.45, 2.75) is 19.5 Å². The number of urea groups is 1. The van der Waals surface area contributed by atoms with E-state index < -0.39 is 0 Å². The number of nitrogens with zero attached hydrogens (tertiary/aromatic N) is 3. The van der Waals surface area contributed by atoms with Crippen LogP contribution < -0.4 is 20.9 Å². The fourth-order valence-corrected chi connectivity index (χ4v) is 4.18. The van der Waals surface area contributed by atoms with E-state index in [4.69, 9.17) is 0 Å². The number of hydrogen-bond acceptors (Lipinski definition) is 5. The van der Waals surface area contributed by atoms with Crippen LogP contribution in [0.5, 0.6) is 0 Å². The number of nitrogens with one attached hydrogen (secondary N) is 3. The van der Waals surface area contributed by atoms with Crippen molar-refractivity contribution < 1.29 is 4.79 Å². The van der Waals surface area contributed by atoms with Crippen LogP contribution in [-0.4, -0.2) is 35.6 Å². The number of rotatable bonds is 7. The zero-order valence-electron chi connectivity index (χ0n) is 19.0. The van der Waals surface area contributed by atoms with E-state index in [0.29, 0.717) is 19.6 Å². The number of amides is 2. The van der Waals surface area contributed by atoms with Crippen molar-refractivity contribution in [2.24, 2.45) is 0 Å². The van der Waals surface area contributed by atoms with E-state index in [-0.39, 0.29) is 6.03 Å². The number of carbonyl (C=O) groups is 1. The van der Waals surface area contributed by atoms with Crippen LogP contribution in [0.3, 0.4) is 0 Å². The van der Waals surface area contributed by atoms with Crippen LogP contribution in [0, 0.1) is 0 Å². The number of hydrogen-bond donors (Lipinski definition) is 3. The molecule has 5 rings (SSSR count). The number of fused-ring (bicyclic) bond motifs is 2. The molecule has 2 amide bonds. The number of pyridine rings is 2. The van der Waals surface area contributed by atoms with Gasteiger partial charge in [-0.3, -0.25) is 0 Å². The molecule has 0 fully saturated rings. The minimum absolute atomic E-state index is 0.204. The summed E-state index contributed by atoms with van der Waals surface area (Å²) >= 11 is 0. The van der Waals surface area contributed by atoms with Gasteiger partial charge in [0, 0.05) is 44.3 Å². The minimum atomic E-state index is -0.204. The molecule has 0 unspecified atom stereocenters. The average molecular weight is 453 g/mol. The second-order valence-electron chi connectivity index (χ2n) is 8.39. The molecule has 0 spiro atoms. The highest BCUT2D eigenvalue weighted by atomic mass is 16.2. The van der Waals surface area contributed by atoms with Crippen molar-refractivity contribution in [3.05, 3.63) is 95.7 Å². The highest BCUT2D eigenvalue weighted by Crippen LogP contribution is 2.23. The molecule has 0 bridgehead atoms. The lowest BCUT2D eigenvalue weighted by molar-refractivity contribution is 0.241. The average Bonchev–Trinajstić information content (AvgIpc) is 2.90. The number of benzene rings is 2. The van der Waals surface area contributed by atoms with Gasteiger partial charge in [0.25, 0.3) is 0 Å². The molecule has 0 saturated heterocycles. The Balaban J connectivity index is 1.04. The normalized spacial score (nSPS) is 12.8. The van der Waals surface area contributed by atoms with Gasteiger partial charge >= 0.3 is 6.03 Å². The van der Waals surface area contributed by atoms with E-state index >= 15 is 0 Å². The van der Waals surface area contributed by atoms with Gasteiger partial charge in [0.05, 0.1) is 5.52 Å². The van der Waals surface area contributed by atoms with Crippen LogP contribution in [-0.2, 0) is 19.5 Å². The first-order valence-corrected chi connectivity index (χ1v) is 11.6. The van der Waals surface area contributed by atoms with Gasteiger partial charge in [0.2, 0.25) is 0 Å². The van der Waals surface area contributed by atoms with Crippen molar-refractivity contribution >= 4 is 28.6 Å². The van der Waals surface area contributed by atoms with Gasteiger partial charge in [0.15, 0.2) is 0 Å². The number of aromatic nitrogens is 2. The Kier molecular flexibility index (Phi) is 6.52. The van der Waals surface area contributed by atoms with Gasteiger partial charge < -0.3 is 20.9 Å². The SMILES string of the molecule is O=C(NCCNc1ccc2ccccc2n1)NCc1ccc(N2CCc3ccccc3C2)nc1. The van der Waals surface area contributed by atoms with E-state index in [1.165, 1.54) is 11.1 Å². The molecule has 172 valence electrons. The molecule has 2 aromatic carbocycles. The van der Waals surface area contributed by atoms with Crippen molar-refractivity contribution in [1.82, 2.24) is 20.6 Å². The first kappa shape index (κ1) is 21.7. The molecule has 4 aromatic rings. The number of anilines is 2. The molecule has 2 aromatic heterocycles. The molecule has 0 aliphatic carbocycles. The second-order valence-corrected chi connectivity index (χ2v) is 8.39. The third-order valence-electron chi connectivity index (χ3n) is 6.03. The Morgan fingerprint density at radius 3 is 2.62 bits per heavy atom. The monoisotopic (exact) mass is 452 g/mol. The van der Waals surface area contributed by atoms with Gasteiger partial charge in [-0.05, 0) is 47.4 Å². The summed E-state index contributed by atoms with van der Waals surface area (Å²) in [5.74, 6) is 1.76. The lowest BCUT2D eigenvalue weighted by Crippen LogP contribution is -2.37. The highest BCUT2D eigenvalue weighted by Gasteiger charge is 2.16. The van der Waals surface area contributed by atoms with E-state index in [9.17, 15) is 4.79 Å². The predicted molar refractivity (Wildman–Crippen MR) is 136 cm³/mol. The molecule has 7 heteroatoms. The van der Waals surface area contributed by atoms with Crippen molar-refractivity contribution in [3.8, 4) is 0 Å². The van der Waals surface area contributed by atoms with Crippen LogP contribution in [0.4, 0.5) is 16.4 Å². The molecular formula is C27H28N6O. The largest absolute Gasteiger partial charge is 0.368 e. The molecule has 34 heavy (non-hydrogen) atoms. The topological polar surface area (TPSA) is 82.2 Å². The lowest BCUT2D eigenvalue weighted by Gasteiger charge is -2.29. The van der Waals surface area contributed by atoms with Crippen molar-refractivity contribution in [2.75, 3.05) is 29.9 Å². The van der Waals surface area contributed by atoms with Gasteiger partial charge in [-0.1, -0.05) is 48.5 Å². The Morgan fingerprint density at radius 2 is 1.74 bits per heavy atom. The maximum atomic E-state index is 12.1. The van der Waals surface area contributed by atoms with Gasteiger partial charge in [-0.2, -0.15) is 0 Å². The molecule has 0 saturated carbocycles. The standard InChI is InChI=1S/C27H28N6O/c34-27(29-15-14-28-25-11-10-22-6-3-4-8-24(22)32-25)31-18-20-9-12-26(30-17-20)33-16-13-21-5-1-2-7-23(21)19-33/h1-12,17H,13-16,18-19H2,(H,28,32)(H2,29,31,34). The van der Waals surface area contributed by atoms with Crippen molar-refractivity contribution in [1.29, 1.82) is 0 Å². The summed E-state index contributed by atoms with van der Waals surface area (Å²) in [5.41, 5.74) is 4.70. The maximum Gasteiger partial charge on any atom is 0.315 e. The van der Waals surface area contributed by atoms with Crippen LogP contribution in [0.2, 0.25) is 0 Å². The quantitative estimate of drug-likeness (QED) is 0.368. The molecule has 1 aliphatic rings. The third-order valence-corrected chi connectivity index (χ3v) is 6.03. The molecular weight excluding hydrogens is 424 g/mol. The zero-order chi connectivity index (χ0) is 23.2. The fourth-order valence-electron chi connectivity index (χ4n) is 4.18. The summed E-state index contributed by atoms with van der Waals surface area (Å²) in [7, 11) is 0. The van der Waals surface area contributed by atoms with Crippen LogP contribution >= 0.6 is 0 Å². The second kappa shape index (κ2) is 10.2. The molecule has 1 aliphatic heterocycles. The van der Waals surface area contributed by atoms with E-state index in [1.807, 2.05) is 54.7 Å². The van der Waals surface area contributed by atoms with Gasteiger partial charge in [-0.15, -0.1) is 0 Å². The minimum Gasteiger partial charge on any atom is -0.368 e. The zero-order valence-corrected chi connectivity index (χ0v) is 19.0. The van der Waals surface area contributed by atoms with E-state index in [0.717, 1.165) is 47.6 Å². The summed E-state index contributed by atoms with van der Waals surface area (Å²) in [6.45, 7) is 3.36. The van der Waals surface area contributed by atoms with Crippen molar-refractivity contribution in [3.63, 3.8) is 0 Å². The maximum absolute atomic E-state index is 12.1. The fraction of sp³-hybridized carbons (Fsp3) is 0.222. The molecule has 3 heterocycles. The Bertz CT molecular complexity index is 1270. The summed E-state index contributed by atoms with van der Waals surface area (Å²) in [6, 6.07) is 24.4. The highest BCUT2D eigenvalue weighted by molar-refractivity contribution is 5.80. The third kappa shape index (κ3) is 5.26. The van der Waals surface area contributed by atoms with Crippen LogP contribution in [0.1, 0.15) is 16.7 Å². The van der Waals surface area contributed by atoms with Crippen LogP contribution in [0.15, 0.2) is 79.0 Å². The molecule has 3 N–H and O–H groups in total. The Labute approximate surface area is 199 Å². The van der Waals surface area contributed by atoms with Gasteiger partial charge in [-0.25, -0.2) is 14.8 Å². The predicted octanol–water partition coefficient (Wildman–Crippen LogP) is 4.10. The number of carbonyl (C=O) groups excluding carboxylic acids is 1. The van der Waals surface area contributed by atoms with E-state index in [2.05, 4.69) is 55.1 Å². The smallest absolute Gasteiger partial charge is 0.315 e. The summed E-state index contributed by atoms with van der Waals surface area (Å²) < 4.78 is 0. The van der Waals surface area contributed by atoms with E-state index in [1.54, 1.807) is 0 Å². The summed E-state index contributed by atoms with van der Waals surface area (Å²) in [6.07, 6.45) is 2.87. The number of para-hydroxylation sites is 1. The lowest BCUT2D eigenvalue weighted by atomic mass is 10.00.